The van der Waals surface area contributed by atoms with E-state index >= 15 is 0 Å². The first-order valence-corrected chi connectivity index (χ1v) is 4.62. The minimum Gasteiger partial charge on any atom is -0.309 e. The number of aldehydes is 1. The van der Waals surface area contributed by atoms with Crippen LogP contribution in [-0.2, 0) is 5.54 Å². The Labute approximate surface area is 88.1 Å². The fourth-order valence-corrected chi connectivity index (χ4v) is 1.04. The molecule has 5 nitrogen and oxygen atoms in total. The monoisotopic (exact) mass is 209 g/mol. The maximum absolute atomic E-state index is 11.3. The number of hydrogen-bond acceptors (Lipinski definition) is 4. The molecule has 0 aliphatic rings. The van der Waals surface area contributed by atoms with E-state index in [1.54, 1.807) is 0 Å². The summed E-state index contributed by atoms with van der Waals surface area (Å²) in [4.78, 5) is 30.5. The number of carbonyl (C=O) groups is 1. The summed E-state index contributed by atoms with van der Waals surface area (Å²) in [5.41, 5.74) is -0.571. The molecule has 1 aromatic heterocycles. The van der Waals surface area contributed by atoms with Gasteiger partial charge < -0.3 is 4.98 Å². The molecule has 5 heteroatoms. The van der Waals surface area contributed by atoms with E-state index in [1.807, 2.05) is 32.8 Å². The fourth-order valence-electron chi connectivity index (χ4n) is 1.04. The lowest BCUT2D eigenvalue weighted by molar-refractivity contribution is 0.111. The maximum atomic E-state index is 11.3. The third-order valence-electron chi connectivity index (χ3n) is 2.58. The standard InChI is InChI=1S/C10H15N3O2/c1-10(2,13(3)4)9-11-7(6-14)5-8(15)12-9/h5-6H,1-4H3,(H,11,12,15). The highest BCUT2D eigenvalue weighted by Crippen LogP contribution is 2.20. The Morgan fingerprint density at radius 1 is 1.47 bits per heavy atom. The molecule has 0 atom stereocenters. The predicted octanol–water partition coefficient (Wildman–Crippen LogP) is 0.379. The molecule has 0 fully saturated rings. The Bertz CT molecular complexity index is 421. The summed E-state index contributed by atoms with van der Waals surface area (Å²) in [7, 11) is 3.77. The number of nitrogens with one attached hydrogen (secondary N) is 1. The summed E-state index contributed by atoms with van der Waals surface area (Å²) in [6, 6.07) is 1.18. The summed E-state index contributed by atoms with van der Waals surface area (Å²) >= 11 is 0. The number of carbonyl (C=O) groups excluding carboxylic acids is 1. The van der Waals surface area contributed by atoms with Gasteiger partial charge in [-0.15, -0.1) is 0 Å². The van der Waals surface area contributed by atoms with Crippen molar-refractivity contribution in [3.63, 3.8) is 0 Å². The first kappa shape index (κ1) is 11.6. The van der Waals surface area contributed by atoms with Crippen molar-refractivity contribution in [3.8, 4) is 0 Å². The second-order valence-corrected chi connectivity index (χ2v) is 4.09. The van der Waals surface area contributed by atoms with Crippen LogP contribution in [0, 0.1) is 0 Å². The van der Waals surface area contributed by atoms with Crippen LogP contribution in [0.4, 0.5) is 0 Å². The van der Waals surface area contributed by atoms with E-state index in [1.165, 1.54) is 6.07 Å². The highest BCUT2D eigenvalue weighted by atomic mass is 16.1. The topological polar surface area (TPSA) is 66.1 Å². The van der Waals surface area contributed by atoms with Crippen LogP contribution in [-0.4, -0.2) is 35.2 Å². The molecule has 15 heavy (non-hydrogen) atoms. The summed E-state index contributed by atoms with van der Waals surface area (Å²) in [6.07, 6.45) is 0.574. The normalized spacial score (nSPS) is 11.8. The highest BCUT2D eigenvalue weighted by Gasteiger charge is 2.26. The molecule has 0 saturated heterocycles. The van der Waals surface area contributed by atoms with Crippen molar-refractivity contribution in [2.75, 3.05) is 14.1 Å². The molecular formula is C10H15N3O2. The molecule has 0 bridgehead atoms. The van der Waals surface area contributed by atoms with Crippen LogP contribution in [0.25, 0.3) is 0 Å². The van der Waals surface area contributed by atoms with E-state index in [0.29, 0.717) is 12.1 Å². The second-order valence-electron chi connectivity index (χ2n) is 4.09. The number of aromatic amines is 1. The van der Waals surface area contributed by atoms with Crippen molar-refractivity contribution in [2.24, 2.45) is 0 Å². The molecule has 82 valence electrons. The van der Waals surface area contributed by atoms with Gasteiger partial charge in [-0.2, -0.15) is 0 Å². The molecule has 0 aliphatic heterocycles. The number of rotatable bonds is 3. The van der Waals surface area contributed by atoms with Crippen LogP contribution in [0.5, 0.6) is 0 Å². The van der Waals surface area contributed by atoms with Gasteiger partial charge in [0.2, 0.25) is 0 Å². The van der Waals surface area contributed by atoms with Crippen molar-refractivity contribution >= 4 is 6.29 Å². The molecule has 1 N–H and O–H groups in total. The van der Waals surface area contributed by atoms with Gasteiger partial charge in [-0.1, -0.05) is 0 Å². The molecular weight excluding hydrogens is 194 g/mol. The lowest BCUT2D eigenvalue weighted by Gasteiger charge is -2.31. The number of nitrogens with zero attached hydrogens (tertiary/aromatic N) is 2. The van der Waals surface area contributed by atoms with Gasteiger partial charge in [-0.3, -0.25) is 14.5 Å². The van der Waals surface area contributed by atoms with Crippen molar-refractivity contribution < 1.29 is 4.79 Å². The first-order valence-electron chi connectivity index (χ1n) is 4.62. The van der Waals surface area contributed by atoms with Gasteiger partial charge >= 0.3 is 0 Å². The molecule has 0 unspecified atom stereocenters. The molecule has 0 spiro atoms. The van der Waals surface area contributed by atoms with E-state index in [2.05, 4.69) is 9.97 Å². The van der Waals surface area contributed by atoms with Gasteiger partial charge in [-0.05, 0) is 27.9 Å². The van der Waals surface area contributed by atoms with Crippen LogP contribution in [0.15, 0.2) is 10.9 Å². The smallest absolute Gasteiger partial charge is 0.251 e. The van der Waals surface area contributed by atoms with E-state index in [0.717, 1.165) is 0 Å². The zero-order chi connectivity index (χ0) is 11.6. The van der Waals surface area contributed by atoms with Gasteiger partial charge in [-0.25, -0.2) is 4.98 Å². The Morgan fingerprint density at radius 3 is 2.53 bits per heavy atom. The quantitative estimate of drug-likeness (QED) is 0.731. The molecule has 1 heterocycles. The minimum atomic E-state index is -0.418. The maximum Gasteiger partial charge on any atom is 0.251 e. The van der Waals surface area contributed by atoms with Crippen molar-refractivity contribution in [1.82, 2.24) is 14.9 Å². The summed E-state index contributed by atoms with van der Waals surface area (Å²) < 4.78 is 0. The van der Waals surface area contributed by atoms with Crippen LogP contribution in [0.1, 0.15) is 30.2 Å². The Hall–Kier alpha value is -1.49. The third-order valence-corrected chi connectivity index (χ3v) is 2.58. The molecule has 0 aliphatic carbocycles. The lowest BCUT2D eigenvalue weighted by Crippen LogP contribution is -2.38. The van der Waals surface area contributed by atoms with Gasteiger partial charge in [0.15, 0.2) is 6.29 Å². The van der Waals surface area contributed by atoms with Crippen LogP contribution in [0.3, 0.4) is 0 Å². The van der Waals surface area contributed by atoms with Crippen LogP contribution in [0.2, 0.25) is 0 Å². The summed E-state index contributed by atoms with van der Waals surface area (Å²) in [6.45, 7) is 3.83. The average Bonchev–Trinajstić information content (AvgIpc) is 2.16. The largest absolute Gasteiger partial charge is 0.309 e. The Morgan fingerprint density at radius 2 is 2.07 bits per heavy atom. The molecule has 0 saturated carbocycles. The van der Waals surface area contributed by atoms with E-state index in [4.69, 9.17) is 0 Å². The van der Waals surface area contributed by atoms with Crippen molar-refractivity contribution in [1.29, 1.82) is 0 Å². The Balaban J connectivity index is 3.31. The third kappa shape index (κ3) is 2.30. The molecule has 1 rings (SSSR count). The van der Waals surface area contributed by atoms with Crippen molar-refractivity contribution in [3.05, 3.63) is 27.9 Å². The average molecular weight is 209 g/mol. The zero-order valence-electron chi connectivity index (χ0n) is 9.37. The predicted molar refractivity (Wildman–Crippen MR) is 57.0 cm³/mol. The minimum absolute atomic E-state index is 0.156. The van der Waals surface area contributed by atoms with E-state index in [-0.39, 0.29) is 11.3 Å². The van der Waals surface area contributed by atoms with Crippen LogP contribution >= 0.6 is 0 Å². The first-order chi connectivity index (χ1) is 6.87. The number of hydrogen-bond donors (Lipinski definition) is 1. The van der Waals surface area contributed by atoms with Gasteiger partial charge in [0.1, 0.15) is 11.5 Å². The number of H-pyrrole nitrogens is 1. The fraction of sp³-hybridized carbons (Fsp3) is 0.500. The van der Waals surface area contributed by atoms with Crippen molar-refractivity contribution in [2.45, 2.75) is 19.4 Å². The van der Waals surface area contributed by atoms with Gasteiger partial charge in [0.25, 0.3) is 5.56 Å². The zero-order valence-corrected chi connectivity index (χ0v) is 9.37. The summed E-state index contributed by atoms with van der Waals surface area (Å²) in [5.74, 6) is 0.488. The summed E-state index contributed by atoms with van der Waals surface area (Å²) in [5, 5.41) is 0. The van der Waals surface area contributed by atoms with Gasteiger partial charge in [0.05, 0.1) is 5.54 Å². The molecule has 0 radical (unpaired) electrons. The molecule has 0 aromatic carbocycles. The SMILES string of the molecule is CN(C)C(C)(C)c1nc(C=O)cc(=O)[nH]1. The molecule has 0 amide bonds. The second kappa shape index (κ2) is 3.94. The van der Waals surface area contributed by atoms with Gasteiger partial charge in [0, 0.05) is 6.07 Å². The van der Waals surface area contributed by atoms with E-state index in [9.17, 15) is 9.59 Å². The van der Waals surface area contributed by atoms with E-state index < -0.39 is 5.54 Å². The molecule has 1 aromatic rings. The van der Waals surface area contributed by atoms with Crippen LogP contribution < -0.4 is 5.56 Å². The Kier molecular flexibility index (Phi) is 3.04. The number of aromatic nitrogens is 2. The highest BCUT2D eigenvalue weighted by molar-refractivity contribution is 5.71. The lowest BCUT2D eigenvalue weighted by atomic mass is 10.0.